The summed E-state index contributed by atoms with van der Waals surface area (Å²) in [6, 6.07) is 0. The van der Waals surface area contributed by atoms with Crippen LogP contribution in [0.15, 0.2) is 11.3 Å². The van der Waals surface area contributed by atoms with Gasteiger partial charge in [-0.25, -0.2) is 0 Å². The van der Waals surface area contributed by atoms with E-state index in [1.807, 2.05) is 0 Å². The van der Waals surface area contributed by atoms with Crippen LogP contribution >= 0.6 is 0 Å². The molecule has 0 aromatic rings. The first-order valence-corrected chi connectivity index (χ1v) is 3.50. The lowest BCUT2D eigenvalue weighted by molar-refractivity contribution is -0.148. The minimum Gasteiger partial charge on any atom is -0.481 e. The molecular weight excluding hydrogens is 160 g/mol. The predicted molar refractivity (Wildman–Crippen MR) is 42.4 cm³/mol. The summed E-state index contributed by atoms with van der Waals surface area (Å²) in [7, 11) is 0. The molecule has 68 valence electrons. The SMILES string of the molecule is CC(C)=C(C)OC(=O)CC(=O)O. The third-order valence-corrected chi connectivity index (χ3v) is 1.27. The normalized spacial score (nSPS) is 8.92. The Hall–Kier alpha value is -1.32. The predicted octanol–water partition coefficient (Wildman–Crippen LogP) is 1.32. The second-order valence-electron chi connectivity index (χ2n) is 2.60. The van der Waals surface area contributed by atoms with E-state index in [1.165, 1.54) is 0 Å². The zero-order valence-corrected chi connectivity index (χ0v) is 7.38. The largest absolute Gasteiger partial charge is 0.481 e. The fourth-order valence-corrected chi connectivity index (χ4v) is 0.432. The molecule has 0 rings (SSSR count). The number of carboxylic acids is 1. The van der Waals surface area contributed by atoms with Crippen molar-refractivity contribution in [2.45, 2.75) is 27.2 Å². The van der Waals surface area contributed by atoms with Crippen LogP contribution in [0.1, 0.15) is 27.2 Å². The second kappa shape index (κ2) is 4.54. The van der Waals surface area contributed by atoms with Gasteiger partial charge in [0, 0.05) is 0 Å². The van der Waals surface area contributed by atoms with E-state index in [4.69, 9.17) is 5.11 Å². The van der Waals surface area contributed by atoms with Gasteiger partial charge >= 0.3 is 11.9 Å². The number of rotatable bonds is 3. The van der Waals surface area contributed by atoms with E-state index in [1.54, 1.807) is 20.8 Å². The molecule has 0 saturated carbocycles. The standard InChI is InChI=1S/C8H12O4/c1-5(2)6(3)12-8(11)4-7(9)10/h4H2,1-3H3,(H,9,10). The van der Waals surface area contributed by atoms with Crippen LogP contribution in [0.5, 0.6) is 0 Å². The summed E-state index contributed by atoms with van der Waals surface area (Å²) in [5, 5.41) is 8.22. The van der Waals surface area contributed by atoms with Gasteiger partial charge in [0.05, 0.1) is 0 Å². The van der Waals surface area contributed by atoms with Crippen LogP contribution in [-0.2, 0) is 14.3 Å². The minimum absolute atomic E-state index is 0.459. The van der Waals surface area contributed by atoms with Gasteiger partial charge in [0.25, 0.3) is 0 Å². The molecule has 0 fully saturated rings. The molecule has 4 heteroatoms. The Bertz CT molecular complexity index is 223. The fraction of sp³-hybridized carbons (Fsp3) is 0.500. The lowest BCUT2D eigenvalue weighted by atomic mass is 10.3. The number of aliphatic carboxylic acids is 1. The average Bonchev–Trinajstić information content (AvgIpc) is 1.84. The van der Waals surface area contributed by atoms with Crippen molar-refractivity contribution in [1.82, 2.24) is 0 Å². The van der Waals surface area contributed by atoms with Crippen LogP contribution < -0.4 is 0 Å². The first-order chi connectivity index (χ1) is 5.43. The fourth-order valence-electron chi connectivity index (χ4n) is 0.432. The van der Waals surface area contributed by atoms with Crippen LogP contribution in [0.4, 0.5) is 0 Å². The van der Waals surface area contributed by atoms with Gasteiger partial charge in [-0.3, -0.25) is 9.59 Å². The van der Waals surface area contributed by atoms with Crippen molar-refractivity contribution < 1.29 is 19.4 Å². The maximum absolute atomic E-state index is 10.7. The molecule has 4 nitrogen and oxygen atoms in total. The zero-order chi connectivity index (χ0) is 9.72. The summed E-state index contributed by atoms with van der Waals surface area (Å²) < 4.78 is 4.68. The Morgan fingerprint density at radius 1 is 1.25 bits per heavy atom. The summed E-state index contributed by atoms with van der Waals surface area (Å²) >= 11 is 0. The Labute approximate surface area is 70.8 Å². The maximum Gasteiger partial charge on any atom is 0.322 e. The molecule has 0 bridgehead atoms. The van der Waals surface area contributed by atoms with Crippen molar-refractivity contribution in [1.29, 1.82) is 0 Å². The van der Waals surface area contributed by atoms with Crippen LogP contribution in [0, 0.1) is 0 Å². The van der Waals surface area contributed by atoms with Gasteiger partial charge < -0.3 is 9.84 Å². The van der Waals surface area contributed by atoms with Gasteiger partial charge in [0.2, 0.25) is 0 Å². The van der Waals surface area contributed by atoms with Crippen LogP contribution in [0.2, 0.25) is 0 Å². The summed E-state index contributed by atoms with van der Waals surface area (Å²) in [4.78, 5) is 20.8. The molecule has 0 aliphatic rings. The van der Waals surface area contributed by atoms with Gasteiger partial charge in [-0.1, -0.05) is 0 Å². The molecule has 0 aliphatic carbocycles. The third-order valence-electron chi connectivity index (χ3n) is 1.27. The molecule has 0 atom stereocenters. The monoisotopic (exact) mass is 172 g/mol. The van der Waals surface area contributed by atoms with Crippen molar-refractivity contribution in [3.8, 4) is 0 Å². The van der Waals surface area contributed by atoms with Crippen molar-refractivity contribution in [2.75, 3.05) is 0 Å². The molecule has 0 aromatic heterocycles. The van der Waals surface area contributed by atoms with Gasteiger partial charge in [0.15, 0.2) is 0 Å². The summed E-state index contributed by atoms with van der Waals surface area (Å²) in [5.74, 6) is -1.45. The van der Waals surface area contributed by atoms with E-state index >= 15 is 0 Å². The van der Waals surface area contributed by atoms with E-state index in [0.29, 0.717) is 5.76 Å². The van der Waals surface area contributed by atoms with Crippen molar-refractivity contribution >= 4 is 11.9 Å². The van der Waals surface area contributed by atoms with E-state index in [9.17, 15) is 9.59 Å². The highest BCUT2D eigenvalue weighted by molar-refractivity contribution is 5.90. The lowest BCUT2D eigenvalue weighted by Gasteiger charge is -2.03. The number of hydrogen-bond donors (Lipinski definition) is 1. The average molecular weight is 172 g/mol. The van der Waals surface area contributed by atoms with Crippen molar-refractivity contribution in [3.05, 3.63) is 11.3 Å². The highest BCUT2D eigenvalue weighted by atomic mass is 16.5. The number of hydrogen-bond acceptors (Lipinski definition) is 3. The maximum atomic E-state index is 10.7. The van der Waals surface area contributed by atoms with Crippen LogP contribution in [0.25, 0.3) is 0 Å². The molecule has 12 heavy (non-hydrogen) atoms. The number of ether oxygens (including phenoxy) is 1. The molecule has 0 aliphatic heterocycles. The topological polar surface area (TPSA) is 63.6 Å². The molecular formula is C8H12O4. The second-order valence-corrected chi connectivity index (χ2v) is 2.60. The Kier molecular flexibility index (Phi) is 4.04. The molecule has 0 heterocycles. The Morgan fingerprint density at radius 2 is 1.75 bits per heavy atom. The molecule has 0 unspecified atom stereocenters. The summed E-state index contributed by atoms with van der Waals surface area (Å²) in [6.45, 7) is 5.18. The van der Waals surface area contributed by atoms with E-state index in [2.05, 4.69) is 4.74 Å². The quantitative estimate of drug-likeness (QED) is 0.396. The highest BCUT2D eigenvalue weighted by Gasteiger charge is 2.09. The molecule has 0 aromatic carbocycles. The molecule has 0 spiro atoms. The van der Waals surface area contributed by atoms with E-state index < -0.39 is 18.4 Å². The summed E-state index contributed by atoms with van der Waals surface area (Å²) in [5.41, 5.74) is 0.855. The number of carbonyl (C=O) groups is 2. The number of allylic oxidation sites excluding steroid dienone is 2. The number of carboxylic acid groups (broad SMARTS) is 1. The number of carbonyl (C=O) groups excluding carboxylic acids is 1. The first-order valence-electron chi connectivity index (χ1n) is 3.50. The molecule has 0 radical (unpaired) electrons. The Morgan fingerprint density at radius 3 is 2.08 bits per heavy atom. The van der Waals surface area contributed by atoms with Crippen molar-refractivity contribution in [2.24, 2.45) is 0 Å². The lowest BCUT2D eigenvalue weighted by Crippen LogP contribution is -2.09. The molecule has 0 saturated heterocycles. The smallest absolute Gasteiger partial charge is 0.322 e. The summed E-state index contributed by atoms with van der Waals surface area (Å²) in [6.07, 6.45) is -0.593. The third kappa shape index (κ3) is 4.49. The van der Waals surface area contributed by atoms with Gasteiger partial charge in [0.1, 0.15) is 12.2 Å². The van der Waals surface area contributed by atoms with Gasteiger partial charge in [-0.05, 0) is 26.3 Å². The van der Waals surface area contributed by atoms with E-state index in [0.717, 1.165) is 5.57 Å². The van der Waals surface area contributed by atoms with Crippen LogP contribution in [-0.4, -0.2) is 17.0 Å². The highest BCUT2D eigenvalue weighted by Crippen LogP contribution is 2.04. The van der Waals surface area contributed by atoms with Crippen molar-refractivity contribution in [3.63, 3.8) is 0 Å². The number of esters is 1. The molecule has 1 N–H and O–H groups in total. The minimum atomic E-state index is -1.18. The Balaban J connectivity index is 4.03. The van der Waals surface area contributed by atoms with Gasteiger partial charge in [-0.2, -0.15) is 0 Å². The van der Waals surface area contributed by atoms with Gasteiger partial charge in [-0.15, -0.1) is 0 Å². The van der Waals surface area contributed by atoms with Crippen LogP contribution in [0.3, 0.4) is 0 Å². The zero-order valence-electron chi connectivity index (χ0n) is 7.38. The first kappa shape index (κ1) is 10.7. The molecule has 0 amide bonds. The van der Waals surface area contributed by atoms with E-state index in [-0.39, 0.29) is 0 Å².